The summed E-state index contributed by atoms with van der Waals surface area (Å²) in [6, 6.07) is 11.5. The largest absolute Gasteiger partial charge is 0.497 e. The molecule has 0 aliphatic carbocycles. The van der Waals surface area contributed by atoms with Gasteiger partial charge in [0.2, 0.25) is 15.9 Å². The first-order valence-corrected chi connectivity index (χ1v) is 11.0. The molecule has 0 unspecified atom stereocenters. The Balaban J connectivity index is 2.10. The molecule has 7 nitrogen and oxygen atoms in total. The van der Waals surface area contributed by atoms with E-state index in [0.29, 0.717) is 11.4 Å². The molecule has 0 aliphatic heterocycles. The smallest absolute Gasteiger partial charge is 0.240 e. The van der Waals surface area contributed by atoms with Crippen LogP contribution in [0.4, 0.5) is 5.69 Å². The Hall–Kier alpha value is -2.23. The predicted octanol–water partition coefficient (Wildman–Crippen LogP) is 3.12. The van der Waals surface area contributed by atoms with Crippen LogP contribution in [-0.2, 0) is 14.8 Å². The van der Waals surface area contributed by atoms with Crippen molar-refractivity contribution in [1.29, 1.82) is 0 Å². The van der Waals surface area contributed by atoms with Gasteiger partial charge in [-0.25, -0.2) is 13.1 Å². The lowest BCUT2D eigenvalue weighted by molar-refractivity contribution is -0.113. The first-order valence-electron chi connectivity index (χ1n) is 8.52. The highest BCUT2D eigenvalue weighted by Crippen LogP contribution is 2.28. The summed E-state index contributed by atoms with van der Waals surface area (Å²) in [4.78, 5) is 13.3. The molecule has 0 saturated carbocycles. The van der Waals surface area contributed by atoms with E-state index < -0.39 is 10.0 Å². The lowest BCUT2D eigenvalue weighted by Crippen LogP contribution is -2.30. The van der Waals surface area contributed by atoms with Crippen LogP contribution in [0.2, 0.25) is 0 Å². The Morgan fingerprint density at radius 1 is 1.07 bits per heavy atom. The Morgan fingerprint density at radius 2 is 1.75 bits per heavy atom. The third-order valence-electron chi connectivity index (χ3n) is 3.58. The van der Waals surface area contributed by atoms with Gasteiger partial charge in [0.15, 0.2) is 0 Å². The summed E-state index contributed by atoms with van der Waals surface area (Å²) in [6.07, 6.45) is 0. The molecular formula is C19H24N2O5S2. The van der Waals surface area contributed by atoms with Gasteiger partial charge in [-0.3, -0.25) is 4.79 Å². The molecule has 0 aromatic heterocycles. The molecule has 2 N–H and O–H groups in total. The van der Waals surface area contributed by atoms with E-state index in [1.54, 1.807) is 21.0 Å². The fourth-order valence-corrected chi connectivity index (χ4v) is 4.31. The van der Waals surface area contributed by atoms with Gasteiger partial charge in [-0.1, -0.05) is 0 Å². The molecule has 9 heteroatoms. The summed E-state index contributed by atoms with van der Waals surface area (Å²) in [5.41, 5.74) is 0.300. The van der Waals surface area contributed by atoms with Crippen LogP contribution in [0.15, 0.2) is 52.3 Å². The van der Waals surface area contributed by atoms with Gasteiger partial charge in [0.1, 0.15) is 11.5 Å². The van der Waals surface area contributed by atoms with Crippen LogP contribution in [-0.4, -0.2) is 40.3 Å². The molecule has 2 aromatic carbocycles. The predicted molar refractivity (Wildman–Crippen MR) is 111 cm³/mol. The highest BCUT2D eigenvalue weighted by Gasteiger charge is 2.18. The average Bonchev–Trinajstić information content (AvgIpc) is 2.65. The Labute approximate surface area is 169 Å². The van der Waals surface area contributed by atoms with E-state index in [9.17, 15) is 13.2 Å². The highest BCUT2D eigenvalue weighted by atomic mass is 32.2. The number of anilines is 1. The number of ether oxygens (including phenoxy) is 2. The number of benzene rings is 2. The van der Waals surface area contributed by atoms with E-state index in [2.05, 4.69) is 10.0 Å². The monoisotopic (exact) mass is 424 g/mol. The molecule has 0 bridgehead atoms. The molecule has 1 amide bonds. The van der Waals surface area contributed by atoms with Crippen molar-refractivity contribution in [1.82, 2.24) is 4.72 Å². The second kappa shape index (κ2) is 9.81. The maximum Gasteiger partial charge on any atom is 0.240 e. The van der Waals surface area contributed by atoms with Crippen LogP contribution < -0.4 is 19.5 Å². The summed E-state index contributed by atoms with van der Waals surface area (Å²) in [5.74, 6) is 1.01. The lowest BCUT2D eigenvalue weighted by Gasteiger charge is -2.14. The third-order valence-corrected chi connectivity index (χ3v) is 6.24. The number of carbonyl (C=O) groups is 1. The van der Waals surface area contributed by atoms with Crippen LogP contribution in [0.1, 0.15) is 13.8 Å². The second-order valence-electron chi connectivity index (χ2n) is 6.15. The van der Waals surface area contributed by atoms with Crippen molar-refractivity contribution in [3.05, 3.63) is 42.5 Å². The van der Waals surface area contributed by atoms with Crippen molar-refractivity contribution < 1.29 is 22.7 Å². The van der Waals surface area contributed by atoms with Crippen molar-refractivity contribution in [2.24, 2.45) is 0 Å². The van der Waals surface area contributed by atoms with Crippen molar-refractivity contribution in [3.63, 3.8) is 0 Å². The number of carbonyl (C=O) groups excluding carboxylic acids is 1. The summed E-state index contributed by atoms with van der Waals surface area (Å²) in [7, 11) is -0.631. The molecule has 0 radical (unpaired) electrons. The van der Waals surface area contributed by atoms with Gasteiger partial charge >= 0.3 is 0 Å². The van der Waals surface area contributed by atoms with Gasteiger partial charge in [-0.2, -0.15) is 0 Å². The number of nitrogens with one attached hydrogen (secondary N) is 2. The fourth-order valence-electron chi connectivity index (χ4n) is 2.34. The SMILES string of the molecule is COc1ccc(SCC(=O)Nc2cc(S(=O)(=O)NC(C)C)ccc2OC)cc1. The molecule has 28 heavy (non-hydrogen) atoms. The van der Waals surface area contributed by atoms with Crippen LogP contribution in [0.3, 0.4) is 0 Å². The second-order valence-corrected chi connectivity index (χ2v) is 8.91. The molecular weight excluding hydrogens is 400 g/mol. The molecule has 2 rings (SSSR count). The summed E-state index contributed by atoms with van der Waals surface area (Å²) in [5, 5.41) is 2.72. The van der Waals surface area contributed by atoms with Crippen LogP contribution >= 0.6 is 11.8 Å². The molecule has 0 saturated heterocycles. The Morgan fingerprint density at radius 3 is 2.32 bits per heavy atom. The third kappa shape index (κ3) is 6.15. The van der Waals surface area contributed by atoms with E-state index in [1.807, 2.05) is 24.3 Å². The number of hydrogen-bond donors (Lipinski definition) is 2. The minimum atomic E-state index is -3.68. The van der Waals surface area contributed by atoms with Gasteiger partial charge in [0.25, 0.3) is 0 Å². The minimum absolute atomic E-state index is 0.0557. The van der Waals surface area contributed by atoms with Gasteiger partial charge < -0.3 is 14.8 Å². The molecule has 0 fully saturated rings. The number of methoxy groups -OCH3 is 2. The molecule has 152 valence electrons. The molecule has 0 atom stereocenters. The summed E-state index contributed by atoms with van der Waals surface area (Å²) < 4.78 is 37.6. The standard InChI is InChI=1S/C19H24N2O5S2/c1-13(2)21-28(23,24)16-9-10-18(26-4)17(11-16)20-19(22)12-27-15-7-5-14(25-3)6-8-15/h5-11,13,21H,12H2,1-4H3,(H,20,22). The topological polar surface area (TPSA) is 93.7 Å². The number of sulfonamides is 1. The zero-order chi connectivity index (χ0) is 20.7. The maximum absolute atomic E-state index is 12.4. The number of hydrogen-bond acceptors (Lipinski definition) is 6. The van der Waals surface area contributed by atoms with E-state index in [0.717, 1.165) is 10.6 Å². The van der Waals surface area contributed by atoms with Crippen LogP contribution in [0.5, 0.6) is 11.5 Å². The normalized spacial score (nSPS) is 11.3. The van der Waals surface area contributed by atoms with E-state index in [1.165, 1.54) is 37.1 Å². The average molecular weight is 425 g/mol. The van der Waals surface area contributed by atoms with Crippen LogP contribution in [0.25, 0.3) is 0 Å². The first-order chi connectivity index (χ1) is 13.2. The number of thioether (sulfide) groups is 1. The Kier molecular flexibility index (Phi) is 7.73. The molecule has 2 aromatic rings. The number of rotatable bonds is 9. The van der Waals surface area contributed by atoms with Gasteiger partial charge in [0.05, 0.1) is 30.6 Å². The summed E-state index contributed by atoms with van der Waals surface area (Å²) in [6.45, 7) is 3.47. The van der Waals surface area contributed by atoms with E-state index >= 15 is 0 Å². The van der Waals surface area contributed by atoms with Gasteiger partial charge in [-0.15, -0.1) is 11.8 Å². The first kappa shape index (κ1) is 22.1. The van der Waals surface area contributed by atoms with Crippen molar-refractivity contribution >= 4 is 33.4 Å². The van der Waals surface area contributed by atoms with Gasteiger partial charge in [0, 0.05) is 10.9 Å². The fraction of sp³-hybridized carbons (Fsp3) is 0.316. The maximum atomic E-state index is 12.4. The molecule has 0 aliphatic rings. The van der Waals surface area contributed by atoms with Crippen molar-refractivity contribution in [3.8, 4) is 11.5 Å². The zero-order valence-corrected chi connectivity index (χ0v) is 17.8. The Bertz CT molecular complexity index is 912. The van der Waals surface area contributed by atoms with E-state index in [-0.39, 0.29) is 22.6 Å². The summed E-state index contributed by atoms with van der Waals surface area (Å²) >= 11 is 1.36. The van der Waals surface area contributed by atoms with E-state index in [4.69, 9.17) is 9.47 Å². The lowest BCUT2D eigenvalue weighted by atomic mass is 10.3. The van der Waals surface area contributed by atoms with Crippen LogP contribution in [0, 0.1) is 0 Å². The number of amides is 1. The minimum Gasteiger partial charge on any atom is -0.497 e. The zero-order valence-electron chi connectivity index (χ0n) is 16.2. The highest BCUT2D eigenvalue weighted by molar-refractivity contribution is 8.00. The van der Waals surface area contributed by atoms with Crippen molar-refractivity contribution in [2.45, 2.75) is 29.7 Å². The van der Waals surface area contributed by atoms with Crippen molar-refractivity contribution in [2.75, 3.05) is 25.3 Å². The molecule has 0 spiro atoms. The molecule has 0 heterocycles. The quantitative estimate of drug-likeness (QED) is 0.601. The van der Waals surface area contributed by atoms with Gasteiger partial charge in [-0.05, 0) is 56.3 Å².